The van der Waals surface area contributed by atoms with Crippen molar-refractivity contribution in [1.29, 1.82) is 5.26 Å². The average Bonchev–Trinajstić information content (AvgIpc) is 2.82. The molecule has 0 bridgehead atoms. The Morgan fingerprint density at radius 2 is 1.76 bits per heavy atom. The molecule has 33 heavy (non-hydrogen) atoms. The predicted octanol–water partition coefficient (Wildman–Crippen LogP) is 4.56. The maximum atomic E-state index is 14.3. The number of esters is 2. The maximum Gasteiger partial charge on any atom is 0.355 e. The number of nitrogens with zero attached hydrogens (tertiary/aromatic N) is 2. The Labute approximate surface area is 206 Å². The van der Waals surface area contributed by atoms with Gasteiger partial charge < -0.3 is 15.2 Å². The van der Waals surface area contributed by atoms with Crippen LogP contribution in [0.3, 0.4) is 0 Å². The number of nitriles is 1. The Hall–Kier alpha value is -3.16. The number of rotatable bonds is 4. The van der Waals surface area contributed by atoms with Crippen LogP contribution in [-0.4, -0.2) is 26.2 Å². The van der Waals surface area contributed by atoms with Crippen molar-refractivity contribution in [3.05, 3.63) is 85.0 Å². The number of halogens is 3. The molecule has 1 atom stereocenters. The number of allylic oxidation sites excluding steroid dienone is 1. The molecule has 0 aromatic heterocycles. The van der Waals surface area contributed by atoms with Gasteiger partial charge in [0.25, 0.3) is 0 Å². The highest BCUT2D eigenvalue weighted by Gasteiger charge is 2.44. The first-order valence-corrected chi connectivity index (χ1v) is 11.1. The third kappa shape index (κ3) is 4.14. The van der Waals surface area contributed by atoms with Crippen LogP contribution in [0.15, 0.2) is 68.0 Å². The lowest BCUT2D eigenvalue weighted by atomic mass is 9.81. The minimum Gasteiger partial charge on any atom is -0.466 e. The fraction of sp³-hybridized carbons (Fsp3) is 0.174. The molecule has 2 aromatic carbocycles. The van der Waals surface area contributed by atoms with E-state index >= 15 is 0 Å². The van der Waals surface area contributed by atoms with E-state index in [0.29, 0.717) is 5.56 Å². The van der Waals surface area contributed by atoms with E-state index in [0.717, 1.165) is 14.2 Å². The van der Waals surface area contributed by atoms with Crippen molar-refractivity contribution >= 4 is 49.5 Å². The normalized spacial score (nSPS) is 15.9. The number of nitrogens with two attached hydrogens (primary N) is 1. The molecule has 0 fully saturated rings. The molecule has 7 nitrogen and oxygen atoms in total. The molecule has 1 heterocycles. The smallest absolute Gasteiger partial charge is 0.355 e. The zero-order valence-corrected chi connectivity index (χ0v) is 21.0. The highest BCUT2D eigenvalue weighted by atomic mass is 79.9. The predicted molar refractivity (Wildman–Crippen MR) is 126 cm³/mol. The third-order valence-corrected chi connectivity index (χ3v) is 6.78. The summed E-state index contributed by atoms with van der Waals surface area (Å²) in [6.07, 6.45) is 0. The van der Waals surface area contributed by atoms with Gasteiger partial charge in [0.1, 0.15) is 17.3 Å². The quantitative estimate of drug-likeness (QED) is 0.530. The highest BCUT2D eigenvalue weighted by Crippen LogP contribution is 2.47. The Kier molecular flexibility index (Phi) is 7.25. The molecule has 3 rings (SSSR count). The molecule has 1 aliphatic heterocycles. The van der Waals surface area contributed by atoms with Crippen LogP contribution in [0.25, 0.3) is 0 Å². The van der Waals surface area contributed by atoms with Gasteiger partial charge in [0, 0.05) is 14.5 Å². The van der Waals surface area contributed by atoms with Gasteiger partial charge in [-0.1, -0.05) is 30.3 Å². The van der Waals surface area contributed by atoms with E-state index in [4.69, 9.17) is 15.2 Å². The van der Waals surface area contributed by atoms with Crippen molar-refractivity contribution in [3.8, 4) is 6.07 Å². The van der Waals surface area contributed by atoms with E-state index in [9.17, 15) is 19.2 Å². The Morgan fingerprint density at radius 3 is 2.30 bits per heavy atom. The minimum atomic E-state index is -0.993. The second-order valence-corrected chi connectivity index (χ2v) is 8.61. The van der Waals surface area contributed by atoms with Gasteiger partial charge in [0.15, 0.2) is 0 Å². The van der Waals surface area contributed by atoms with Gasteiger partial charge in [-0.15, -0.1) is 0 Å². The van der Waals surface area contributed by atoms with Gasteiger partial charge in [0.2, 0.25) is 0 Å². The number of methoxy groups -OCH3 is 2. The van der Waals surface area contributed by atoms with Gasteiger partial charge >= 0.3 is 11.9 Å². The van der Waals surface area contributed by atoms with E-state index in [2.05, 4.69) is 37.9 Å². The molecular weight excluding hydrogens is 561 g/mol. The number of ether oxygens (including phenoxy) is 2. The van der Waals surface area contributed by atoms with E-state index in [-0.39, 0.29) is 42.9 Å². The lowest BCUT2D eigenvalue weighted by Crippen LogP contribution is -2.41. The lowest BCUT2D eigenvalue weighted by Gasteiger charge is -2.37. The lowest BCUT2D eigenvalue weighted by molar-refractivity contribution is -0.139. The molecule has 2 N–H and O–H groups in total. The summed E-state index contributed by atoms with van der Waals surface area (Å²) in [7, 11) is 2.32. The van der Waals surface area contributed by atoms with Gasteiger partial charge in [-0.05, 0) is 50.4 Å². The summed E-state index contributed by atoms with van der Waals surface area (Å²) in [4.78, 5) is 27.3. The number of carbonyl (C=O) groups excluding carboxylic acids is 2. The molecule has 2 aromatic rings. The zero-order chi connectivity index (χ0) is 24.4. The molecule has 170 valence electrons. The molecule has 1 aliphatic rings. The average molecular weight is 579 g/mol. The van der Waals surface area contributed by atoms with Crippen LogP contribution in [0, 0.1) is 24.1 Å². The van der Waals surface area contributed by atoms with Crippen molar-refractivity contribution in [3.63, 3.8) is 0 Å². The second kappa shape index (κ2) is 9.77. The molecular formula is C23H18Br2FN3O4. The number of hydrogen-bond donors (Lipinski definition) is 1. The van der Waals surface area contributed by atoms with Gasteiger partial charge in [-0.2, -0.15) is 5.26 Å². The molecule has 0 saturated carbocycles. The number of benzene rings is 2. The summed E-state index contributed by atoms with van der Waals surface area (Å²) in [5.74, 6) is -3.37. The standard InChI is InChI=1S/C23H18Br2FN3O4/c1-11-15(26)9-14(24)19(18(11)25)29-20(23(31)33-3)17(22(30)32-2)16(13(10-27)21(29)28)12-7-5-4-6-8-12/h4-9,16H,28H2,1-3H3. The Morgan fingerprint density at radius 1 is 1.15 bits per heavy atom. The molecule has 1 unspecified atom stereocenters. The summed E-state index contributed by atoms with van der Waals surface area (Å²) in [5.41, 5.74) is 7.08. The molecule has 0 aliphatic carbocycles. The SMILES string of the molecule is COC(=O)C1=C(C(=O)OC)N(c2c(Br)cc(F)c(C)c2Br)C(N)=C(C#N)C1c1ccccc1. The van der Waals surface area contributed by atoms with Crippen LogP contribution < -0.4 is 10.6 Å². The molecule has 0 radical (unpaired) electrons. The van der Waals surface area contributed by atoms with Gasteiger partial charge in [-0.25, -0.2) is 14.0 Å². The number of anilines is 1. The minimum absolute atomic E-state index is 0.00929. The maximum absolute atomic E-state index is 14.3. The van der Waals surface area contributed by atoms with Crippen LogP contribution in [-0.2, 0) is 19.1 Å². The monoisotopic (exact) mass is 577 g/mol. The van der Waals surface area contributed by atoms with E-state index in [1.54, 1.807) is 30.3 Å². The van der Waals surface area contributed by atoms with E-state index in [1.165, 1.54) is 17.9 Å². The van der Waals surface area contributed by atoms with Crippen molar-refractivity contribution in [2.24, 2.45) is 5.73 Å². The first kappa shape index (κ1) is 24.5. The topological polar surface area (TPSA) is 106 Å². The van der Waals surface area contributed by atoms with Crippen molar-refractivity contribution in [2.75, 3.05) is 19.1 Å². The fourth-order valence-electron chi connectivity index (χ4n) is 3.63. The first-order valence-electron chi connectivity index (χ1n) is 9.49. The van der Waals surface area contributed by atoms with Crippen LogP contribution in [0.1, 0.15) is 17.0 Å². The highest BCUT2D eigenvalue weighted by molar-refractivity contribution is 9.11. The summed E-state index contributed by atoms with van der Waals surface area (Å²) in [6, 6.07) is 11.9. The van der Waals surface area contributed by atoms with Crippen molar-refractivity contribution in [1.82, 2.24) is 0 Å². The van der Waals surface area contributed by atoms with Gasteiger partial charge in [-0.3, -0.25) is 4.90 Å². The van der Waals surface area contributed by atoms with Crippen LogP contribution in [0.2, 0.25) is 0 Å². The fourth-order valence-corrected chi connectivity index (χ4v) is 5.05. The second-order valence-electron chi connectivity index (χ2n) is 6.96. The Balaban J connectivity index is 2.50. The summed E-state index contributed by atoms with van der Waals surface area (Å²) in [5, 5.41) is 10.1. The zero-order valence-electron chi connectivity index (χ0n) is 17.8. The summed E-state index contributed by atoms with van der Waals surface area (Å²) < 4.78 is 24.8. The summed E-state index contributed by atoms with van der Waals surface area (Å²) >= 11 is 6.66. The van der Waals surface area contributed by atoms with Gasteiger partial charge in [0.05, 0.1) is 43.0 Å². The largest absolute Gasteiger partial charge is 0.466 e. The number of hydrogen-bond acceptors (Lipinski definition) is 7. The Bertz CT molecular complexity index is 1250. The first-order chi connectivity index (χ1) is 15.7. The molecule has 0 amide bonds. The third-order valence-electron chi connectivity index (χ3n) is 5.21. The molecule has 10 heteroatoms. The molecule has 0 saturated heterocycles. The summed E-state index contributed by atoms with van der Waals surface area (Å²) in [6.45, 7) is 1.53. The van der Waals surface area contributed by atoms with E-state index in [1.807, 2.05) is 0 Å². The molecule has 0 spiro atoms. The van der Waals surface area contributed by atoms with Crippen molar-refractivity contribution < 1.29 is 23.5 Å². The van der Waals surface area contributed by atoms with Crippen LogP contribution in [0.5, 0.6) is 0 Å². The van der Waals surface area contributed by atoms with Crippen LogP contribution >= 0.6 is 31.9 Å². The van der Waals surface area contributed by atoms with Crippen LogP contribution in [0.4, 0.5) is 10.1 Å². The van der Waals surface area contributed by atoms with E-state index < -0.39 is 23.7 Å². The number of carbonyl (C=O) groups is 2. The van der Waals surface area contributed by atoms with Crippen molar-refractivity contribution in [2.45, 2.75) is 12.8 Å².